The molecule has 0 bridgehead atoms. The Kier molecular flexibility index (Phi) is 6.72. The van der Waals surface area contributed by atoms with Crippen LogP contribution in [0.3, 0.4) is 0 Å². The number of halogens is 1. The predicted molar refractivity (Wildman–Crippen MR) is 101 cm³/mol. The molecule has 1 aromatic carbocycles. The molecule has 0 atom stereocenters. The lowest BCUT2D eigenvalue weighted by molar-refractivity contribution is -0.120. The van der Waals surface area contributed by atoms with E-state index in [1.165, 1.54) is 11.3 Å². The van der Waals surface area contributed by atoms with Crippen LogP contribution in [0.5, 0.6) is 0 Å². The zero-order valence-corrected chi connectivity index (χ0v) is 16.2. The SMILES string of the molecule is CCc1sc(C(=O)NNC(=O)CNC(=O)c2cccc(Br)c2)cc1C. The van der Waals surface area contributed by atoms with Crippen molar-refractivity contribution in [3.8, 4) is 0 Å². The molecule has 0 radical (unpaired) electrons. The van der Waals surface area contributed by atoms with Gasteiger partial charge in [0.25, 0.3) is 17.7 Å². The average Bonchev–Trinajstić information content (AvgIpc) is 2.98. The third-order valence-corrected chi connectivity index (χ3v) is 5.25. The highest BCUT2D eigenvalue weighted by molar-refractivity contribution is 9.10. The first-order valence-corrected chi connectivity index (χ1v) is 9.24. The second kappa shape index (κ2) is 8.77. The molecule has 2 aromatic rings. The summed E-state index contributed by atoms with van der Waals surface area (Å²) in [5, 5.41) is 2.49. The zero-order chi connectivity index (χ0) is 18.4. The summed E-state index contributed by atoms with van der Waals surface area (Å²) in [6.07, 6.45) is 0.859. The van der Waals surface area contributed by atoms with Crippen LogP contribution in [0, 0.1) is 6.92 Å². The van der Waals surface area contributed by atoms with Gasteiger partial charge in [-0.25, -0.2) is 0 Å². The Labute approximate surface area is 158 Å². The molecule has 0 spiro atoms. The first kappa shape index (κ1) is 19.1. The standard InChI is InChI=1S/C17H18BrN3O3S/c1-3-13-10(2)7-14(25-13)17(24)21-20-15(22)9-19-16(23)11-5-4-6-12(18)8-11/h4-8H,3,9H2,1-2H3,(H,19,23)(H,20,22)(H,21,24). The number of hydrazine groups is 1. The highest BCUT2D eigenvalue weighted by Gasteiger charge is 2.13. The van der Waals surface area contributed by atoms with Gasteiger partial charge < -0.3 is 5.32 Å². The van der Waals surface area contributed by atoms with Gasteiger partial charge in [0.2, 0.25) is 0 Å². The molecule has 25 heavy (non-hydrogen) atoms. The van der Waals surface area contributed by atoms with E-state index in [0.717, 1.165) is 21.3 Å². The number of amides is 3. The molecule has 2 rings (SSSR count). The number of carbonyl (C=O) groups excluding carboxylic acids is 3. The van der Waals surface area contributed by atoms with Crippen LogP contribution in [0.1, 0.15) is 37.4 Å². The number of carbonyl (C=O) groups is 3. The number of benzene rings is 1. The van der Waals surface area contributed by atoms with Crippen LogP contribution in [0.4, 0.5) is 0 Å². The van der Waals surface area contributed by atoms with Gasteiger partial charge in [-0.15, -0.1) is 11.3 Å². The van der Waals surface area contributed by atoms with E-state index in [9.17, 15) is 14.4 Å². The molecule has 6 nitrogen and oxygen atoms in total. The number of hydrogen-bond donors (Lipinski definition) is 3. The van der Waals surface area contributed by atoms with E-state index in [1.54, 1.807) is 30.3 Å². The van der Waals surface area contributed by atoms with Crippen molar-refractivity contribution in [1.29, 1.82) is 0 Å². The minimum atomic E-state index is -0.513. The first-order chi connectivity index (χ1) is 11.9. The Morgan fingerprint density at radius 2 is 1.88 bits per heavy atom. The quantitative estimate of drug-likeness (QED) is 0.645. The highest BCUT2D eigenvalue weighted by atomic mass is 79.9. The third-order valence-electron chi connectivity index (χ3n) is 3.38. The molecule has 0 aliphatic carbocycles. The van der Waals surface area contributed by atoms with Gasteiger partial charge >= 0.3 is 0 Å². The topological polar surface area (TPSA) is 87.3 Å². The molecule has 0 aliphatic rings. The van der Waals surface area contributed by atoms with Crippen LogP contribution < -0.4 is 16.2 Å². The molecular weight excluding hydrogens is 406 g/mol. The van der Waals surface area contributed by atoms with Crippen LogP contribution in [-0.4, -0.2) is 24.3 Å². The number of rotatable bonds is 5. The molecule has 0 saturated carbocycles. The lowest BCUT2D eigenvalue weighted by Gasteiger charge is -2.08. The van der Waals surface area contributed by atoms with Crippen LogP contribution in [0.2, 0.25) is 0 Å². The maximum Gasteiger partial charge on any atom is 0.279 e. The van der Waals surface area contributed by atoms with Crippen molar-refractivity contribution in [2.24, 2.45) is 0 Å². The van der Waals surface area contributed by atoms with E-state index in [4.69, 9.17) is 0 Å². The fourth-order valence-corrected chi connectivity index (χ4v) is 3.52. The van der Waals surface area contributed by atoms with E-state index in [0.29, 0.717) is 10.4 Å². The fraction of sp³-hybridized carbons (Fsp3) is 0.235. The van der Waals surface area contributed by atoms with Crippen LogP contribution >= 0.6 is 27.3 Å². The van der Waals surface area contributed by atoms with Crippen molar-refractivity contribution in [2.75, 3.05) is 6.54 Å². The molecule has 1 aromatic heterocycles. The summed E-state index contributed by atoms with van der Waals surface area (Å²) in [6, 6.07) is 8.62. The van der Waals surface area contributed by atoms with Gasteiger partial charge in [-0.05, 0) is 43.2 Å². The molecule has 3 amide bonds. The Bertz CT molecular complexity index is 804. The fourth-order valence-electron chi connectivity index (χ4n) is 2.11. The summed E-state index contributed by atoms with van der Waals surface area (Å²) in [7, 11) is 0. The molecule has 3 N–H and O–H groups in total. The summed E-state index contributed by atoms with van der Waals surface area (Å²) >= 11 is 4.68. The van der Waals surface area contributed by atoms with Crippen molar-refractivity contribution in [1.82, 2.24) is 16.2 Å². The van der Waals surface area contributed by atoms with Crippen molar-refractivity contribution in [3.63, 3.8) is 0 Å². The van der Waals surface area contributed by atoms with Gasteiger partial charge in [0, 0.05) is 14.9 Å². The first-order valence-electron chi connectivity index (χ1n) is 7.63. The lowest BCUT2D eigenvalue weighted by Crippen LogP contribution is -2.46. The molecule has 0 saturated heterocycles. The summed E-state index contributed by atoms with van der Waals surface area (Å²) in [6.45, 7) is 3.73. The van der Waals surface area contributed by atoms with E-state index >= 15 is 0 Å². The van der Waals surface area contributed by atoms with Gasteiger partial charge in [-0.1, -0.05) is 28.9 Å². The van der Waals surface area contributed by atoms with Crippen molar-refractivity contribution in [2.45, 2.75) is 20.3 Å². The molecular formula is C17H18BrN3O3S. The molecule has 1 heterocycles. The minimum Gasteiger partial charge on any atom is -0.343 e. The Balaban J connectivity index is 1.80. The van der Waals surface area contributed by atoms with E-state index in [2.05, 4.69) is 32.1 Å². The highest BCUT2D eigenvalue weighted by Crippen LogP contribution is 2.21. The predicted octanol–water partition coefficient (Wildman–Crippen LogP) is 2.57. The number of aryl methyl sites for hydroxylation is 2. The monoisotopic (exact) mass is 423 g/mol. The van der Waals surface area contributed by atoms with Gasteiger partial charge in [0.1, 0.15) is 0 Å². The lowest BCUT2D eigenvalue weighted by atomic mass is 10.2. The molecule has 8 heteroatoms. The van der Waals surface area contributed by atoms with Gasteiger partial charge in [-0.3, -0.25) is 25.2 Å². The third kappa shape index (κ3) is 5.40. The van der Waals surface area contributed by atoms with Gasteiger partial charge in [-0.2, -0.15) is 0 Å². The van der Waals surface area contributed by atoms with E-state index in [-0.39, 0.29) is 18.4 Å². The van der Waals surface area contributed by atoms with E-state index in [1.807, 2.05) is 13.8 Å². The average molecular weight is 424 g/mol. The second-order valence-electron chi connectivity index (χ2n) is 5.27. The number of hydrogen-bond acceptors (Lipinski definition) is 4. The smallest absolute Gasteiger partial charge is 0.279 e. The van der Waals surface area contributed by atoms with Crippen molar-refractivity contribution in [3.05, 3.63) is 55.7 Å². The van der Waals surface area contributed by atoms with Gasteiger partial charge in [0.15, 0.2) is 0 Å². The van der Waals surface area contributed by atoms with Crippen LogP contribution in [0.25, 0.3) is 0 Å². The number of thiophene rings is 1. The largest absolute Gasteiger partial charge is 0.343 e. The Hall–Kier alpha value is -2.19. The van der Waals surface area contributed by atoms with Crippen LogP contribution in [0.15, 0.2) is 34.8 Å². The van der Waals surface area contributed by atoms with Gasteiger partial charge in [0.05, 0.1) is 11.4 Å². The maximum absolute atomic E-state index is 12.0. The molecule has 132 valence electrons. The second-order valence-corrected chi connectivity index (χ2v) is 7.32. The molecule has 0 unspecified atom stereocenters. The van der Waals surface area contributed by atoms with E-state index < -0.39 is 5.91 Å². The summed E-state index contributed by atoms with van der Waals surface area (Å²) in [5.41, 5.74) is 6.14. The maximum atomic E-state index is 12.0. The van der Waals surface area contributed by atoms with Crippen molar-refractivity contribution < 1.29 is 14.4 Å². The van der Waals surface area contributed by atoms with Crippen molar-refractivity contribution >= 4 is 45.0 Å². The summed E-state index contributed by atoms with van der Waals surface area (Å²) < 4.78 is 0.773. The normalized spacial score (nSPS) is 10.2. The molecule has 0 fully saturated rings. The summed E-state index contributed by atoms with van der Waals surface area (Å²) in [5.74, 6) is -1.26. The Morgan fingerprint density at radius 3 is 2.52 bits per heavy atom. The van der Waals surface area contributed by atoms with Crippen LogP contribution in [-0.2, 0) is 11.2 Å². The number of nitrogens with one attached hydrogen (secondary N) is 3. The minimum absolute atomic E-state index is 0.241. The zero-order valence-electron chi connectivity index (χ0n) is 13.8. The Morgan fingerprint density at radius 1 is 1.12 bits per heavy atom. The molecule has 0 aliphatic heterocycles. The summed E-state index contributed by atoms with van der Waals surface area (Å²) in [4.78, 5) is 37.4.